The van der Waals surface area contributed by atoms with E-state index in [0.29, 0.717) is 10.6 Å². The van der Waals surface area contributed by atoms with E-state index in [0.717, 1.165) is 12.1 Å². The van der Waals surface area contributed by atoms with Crippen LogP contribution in [-0.2, 0) is 9.31 Å². The number of carbonyl (C=O) groups excluding carboxylic acids is 1. The van der Waals surface area contributed by atoms with Crippen molar-refractivity contribution in [3.8, 4) is 11.3 Å². The lowest BCUT2D eigenvalue weighted by Gasteiger charge is -2.32. The van der Waals surface area contributed by atoms with E-state index in [-0.39, 0.29) is 22.7 Å². The average Bonchev–Trinajstić information content (AvgIpc) is 3.03. The van der Waals surface area contributed by atoms with Crippen molar-refractivity contribution in [3.63, 3.8) is 0 Å². The smallest absolute Gasteiger partial charge is 0.398 e. The Morgan fingerprint density at radius 2 is 1.78 bits per heavy atom. The van der Waals surface area contributed by atoms with Gasteiger partial charge in [-0.2, -0.15) is 0 Å². The van der Waals surface area contributed by atoms with Gasteiger partial charge in [-0.3, -0.25) is 9.78 Å². The van der Waals surface area contributed by atoms with Crippen molar-refractivity contribution in [3.05, 3.63) is 70.4 Å². The van der Waals surface area contributed by atoms with Crippen LogP contribution < -0.4 is 16.6 Å². The lowest BCUT2D eigenvalue weighted by atomic mass is 9.85. The Morgan fingerprint density at radius 1 is 1.16 bits per heavy atom. The van der Waals surface area contributed by atoms with Crippen molar-refractivity contribution >= 4 is 36.0 Å². The number of nitrogens with two attached hydrogens (primary N) is 1. The Hall–Kier alpha value is -3.12. The topological polar surface area (TPSA) is 120 Å². The molecule has 1 saturated heterocycles. The summed E-state index contributed by atoms with van der Waals surface area (Å²) in [5.74, 6) is -3.40. The number of amides is 1. The first-order valence-corrected chi connectivity index (χ1v) is 11.9. The molecule has 1 aliphatic heterocycles. The number of aliphatic hydroxyl groups is 1. The van der Waals surface area contributed by atoms with Gasteiger partial charge < -0.3 is 25.5 Å². The van der Waals surface area contributed by atoms with Crippen LogP contribution in [0.15, 0.2) is 42.6 Å². The molecule has 0 saturated carbocycles. The summed E-state index contributed by atoms with van der Waals surface area (Å²) in [5.41, 5.74) is 4.61. The largest absolute Gasteiger partial charge is 0.516 e. The minimum atomic E-state index is -1.14. The van der Waals surface area contributed by atoms with Gasteiger partial charge in [-0.25, -0.2) is 13.8 Å². The van der Waals surface area contributed by atoms with Crippen LogP contribution in [0.3, 0.4) is 0 Å². The van der Waals surface area contributed by atoms with Crippen molar-refractivity contribution in [1.29, 1.82) is 0 Å². The number of anilines is 1. The molecule has 37 heavy (non-hydrogen) atoms. The number of halogens is 3. The summed E-state index contributed by atoms with van der Waals surface area (Å²) < 4.78 is 42.1. The van der Waals surface area contributed by atoms with Crippen molar-refractivity contribution in [2.75, 3.05) is 12.3 Å². The molecule has 2 heterocycles. The minimum absolute atomic E-state index is 0.00383. The third kappa shape index (κ3) is 5.31. The van der Waals surface area contributed by atoms with Crippen LogP contribution in [0.1, 0.15) is 49.7 Å². The molecule has 3 aromatic rings. The number of aromatic nitrogens is 2. The van der Waals surface area contributed by atoms with Gasteiger partial charge in [0.1, 0.15) is 28.7 Å². The van der Waals surface area contributed by atoms with Gasteiger partial charge in [-0.15, -0.1) is 0 Å². The van der Waals surface area contributed by atoms with E-state index in [4.69, 9.17) is 26.6 Å². The predicted molar refractivity (Wildman–Crippen MR) is 136 cm³/mol. The third-order valence-electron chi connectivity index (χ3n) is 6.60. The Balaban J connectivity index is 1.63. The molecule has 4 N–H and O–H groups in total. The highest BCUT2D eigenvalue weighted by Gasteiger charge is 2.52. The average molecular weight is 531 g/mol. The standard InChI is InChI=1S/C25H26BClF2N4O4/c1-24(2)25(3,4)37-26(36-24)19-11-31-22(30)21(33-19)14-9-16(28)20(17(29)10-14)23(35)32-18(12-34)13-6-5-7-15(27)8-13/h5-11,18,34H,12H2,1-4H3,(H2,30,31)(H,32,35). The number of hydrogen-bond donors (Lipinski definition) is 3. The number of nitrogens with zero attached hydrogens (tertiary/aromatic N) is 2. The lowest BCUT2D eigenvalue weighted by molar-refractivity contribution is 0.00578. The van der Waals surface area contributed by atoms with Crippen LogP contribution in [0.2, 0.25) is 5.02 Å². The third-order valence-corrected chi connectivity index (χ3v) is 6.83. The summed E-state index contributed by atoms with van der Waals surface area (Å²) in [7, 11) is -0.863. The summed E-state index contributed by atoms with van der Waals surface area (Å²) in [4.78, 5) is 21.3. The first-order chi connectivity index (χ1) is 17.3. The number of nitrogens with one attached hydrogen (secondary N) is 1. The van der Waals surface area contributed by atoms with Gasteiger partial charge in [-0.05, 0) is 57.5 Å². The molecular formula is C25H26BClF2N4O4. The quantitative estimate of drug-likeness (QED) is 0.418. The first kappa shape index (κ1) is 26.9. The zero-order chi connectivity index (χ0) is 27.1. The molecule has 1 aliphatic rings. The molecule has 1 atom stereocenters. The second-order valence-corrected chi connectivity index (χ2v) is 10.1. The normalized spacial score (nSPS) is 17.0. The molecule has 1 unspecified atom stereocenters. The summed E-state index contributed by atoms with van der Waals surface area (Å²) in [6.07, 6.45) is 1.38. The number of aliphatic hydroxyl groups excluding tert-OH is 1. The van der Waals surface area contributed by atoms with Crippen molar-refractivity contribution in [2.45, 2.75) is 44.9 Å². The van der Waals surface area contributed by atoms with E-state index < -0.39 is 54.1 Å². The van der Waals surface area contributed by atoms with Gasteiger partial charge in [0.2, 0.25) is 0 Å². The summed E-state index contributed by atoms with van der Waals surface area (Å²) >= 11 is 5.97. The molecule has 0 radical (unpaired) electrons. The lowest BCUT2D eigenvalue weighted by Crippen LogP contribution is -2.41. The predicted octanol–water partition coefficient (Wildman–Crippen LogP) is 3.42. The highest BCUT2D eigenvalue weighted by molar-refractivity contribution is 6.61. The van der Waals surface area contributed by atoms with Crippen molar-refractivity contribution in [2.24, 2.45) is 0 Å². The number of carbonyl (C=O) groups is 1. The molecule has 8 nitrogen and oxygen atoms in total. The molecule has 4 rings (SSSR count). The van der Waals surface area contributed by atoms with Gasteiger partial charge in [0.15, 0.2) is 0 Å². The molecule has 2 aromatic carbocycles. The number of nitrogen functional groups attached to an aromatic ring is 1. The fraction of sp³-hybridized carbons (Fsp3) is 0.320. The van der Waals surface area contributed by atoms with Crippen LogP contribution in [0, 0.1) is 11.6 Å². The van der Waals surface area contributed by atoms with Crippen LogP contribution in [0.5, 0.6) is 0 Å². The van der Waals surface area contributed by atoms with Gasteiger partial charge in [0.25, 0.3) is 5.91 Å². The van der Waals surface area contributed by atoms with E-state index >= 15 is 8.78 Å². The van der Waals surface area contributed by atoms with Crippen molar-refractivity contribution < 1.29 is 28.0 Å². The maximum absolute atomic E-state index is 15.1. The van der Waals surface area contributed by atoms with Crippen LogP contribution in [0.25, 0.3) is 11.3 Å². The van der Waals surface area contributed by atoms with Gasteiger partial charge in [0.05, 0.1) is 29.4 Å². The fourth-order valence-electron chi connectivity index (χ4n) is 3.82. The zero-order valence-corrected chi connectivity index (χ0v) is 21.4. The molecule has 0 aliphatic carbocycles. The fourth-order valence-corrected chi connectivity index (χ4v) is 4.02. The number of benzene rings is 2. The van der Waals surface area contributed by atoms with E-state index in [2.05, 4.69) is 15.3 Å². The minimum Gasteiger partial charge on any atom is -0.398 e. The second kappa shape index (κ2) is 9.98. The van der Waals surface area contributed by atoms with Crippen LogP contribution >= 0.6 is 11.6 Å². The molecule has 0 spiro atoms. The zero-order valence-electron chi connectivity index (χ0n) is 20.7. The first-order valence-electron chi connectivity index (χ1n) is 11.5. The summed E-state index contributed by atoms with van der Waals surface area (Å²) in [6.45, 7) is 6.99. The van der Waals surface area contributed by atoms with Gasteiger partial charge in [0, 0.05) is 16.8 Å². The molecule has 12 heteroatoms. The van der Waals surface area contributed by atoms with E-state index in [1.54, 1.807) is 18.2 Å². The monoisotopic (exact) mass is 530 g/mol. The van der Waals surface area contributed by atoms with Crippen LogP contribution in [0.4, 0.5) is 14.6 Å². The summed E-state index contributed by atoms with van der Waals surface area (Å²) in [6, 6.07) is 7.37. The molecule has 0 bridgehead atoms. The van der Waals surface area contributed by atoms with Gasteiger partial charge in [-0.1, -0.05) is 23.7 Å². The van der Waals surface area contributed by atoms with Crippen LogP contribution in [-0.4, -0.2) is 45.9 Å². The molecule has 1 fully saturated rings. The van der Waals surface area contributed by atoms with Gasteiger partial charge >= 0.3 is 7.12 Å². The van der Waals surface area contributed by atoms with E-state index in [1.165, 1.54) is 12.3 Å². The SMILES string of the molecule is CC1(C)OB(c2cnc(N)c(-c3cc(F)c(C(=O)NC(CO)c4cccc(Cl)c4)c(F)c3)n2)OC1(C)C. The molecule has 1 aromatic heterocycles. The number of hydrogen-bond acceptors (Lipinski definition) is 7. The maximum atomic E-state index is 15.1. The highest BCUT2D eigenvalue weighted by Crippen LogP contribution is 2.36. The molecule has 194 valence electrons. The van der Waals surface area contributed by atoms with E-state index in [9.17, 15) is 9.90 Å². The molecule has 1 amide bonds. The Morgan fingerprint density at radius 3 is 2.35 bits per heavy atom. The Bertz CT molecular complexity index is 1320. The maximum Gasteiger partial charge on any atom is 0.516 e. The molecular weight excluding hydrogens is 505 g/mol. The summed E-state index contributed by atoms with van der Waals surface area (Å²) in [5, 5.41) is 12.5. The Labute approximate surface area is 218 Å². The second-order valence-electron chi connectivity index (χ2n) is 9.70. The van der Waals surface area contributed by atoms with Crippen molar-refractivity contribution in [1.82, 2.24) is 15.3 Å². The van der Waals surface area contributed by atoms with E-state index in [1.807, 2.05) is 27.7 Å². The number of rotatable bonds is 6. The Kier molecular flexibility index (Phi) is 7.26. The highest BCUT2D eigenvalue weighted by atomic mass is 35.5.